The monoisotopic (exact) mass is 714 g/mol. The van der Waals surface area contributed by atoms with Crippen molar-refractivity contribution in [2.75, 3.05) is 4.90 Å². The van der Waals surface area contributed by atoms with E-state index in [0.717, 1.165) is 50.5 Å². The molecule has 0 saturated heterocycles. The standard InChI is InChI=1S/C54H38N2/c1-5-19-39(20-6-1)50-37-44(38-51(55-50)40-21-7-2-8-22-40)42-24-17-23-41(35-42)43-25-18-30-47(36-43)56-52-33-15-13-31-48(52)54(45-26-9-3-10-27-45,46-28-11-4-12-29-46)49-32-14-16-34-53(49)56/h1-38H. The normalized spacial score (nSPS) is 12.8. The second-order valence-corrected chi connectivity index (χ2v) is 14.3. The van der Waals surface area contributed by atoms with Gasteiger partial charge in [-0.3, -0.25) is 0 Å². The van der Waals surface area contributed by atoms with E-state index in [4.69, 9.17) is 4.98 Å². The summed E-state index contributed by atoms with van der Waals surface area (Å²) >= 11 is 0. The second kappa shape index (κ2) is 14.2. The van der Waals surface area contributed by atoms with Crippen LogP contribution < -0.4 is 4.90 Å². The van der Waals surface area contributed by atoms with Gasteiger partial charge in [-0.2, -0.15) is 0 Å². The molecule has 2 heteroatoms. The molecule has 9 aromatic rings. The summed E-state index contributed by atoms with van der Waals surface area (Å²) in [6, 6.07) is 83.0. The number of nitrogens with zero attached hydrogens (tertiary/aromatic N) is 2. The lowest BCUT2D eigenvalue weighted by Crippen LogP contribution is -2.37. The zero-order valence-electron chi connectivity index (χ0n) is 30.8. The quantitative estimate of drug-likeness (QED) is 0.163. The molecule has 0 spiro atoms. The van der Waals surface area contributed by atoms with Gasteiger partial charge in [0.1, 0.15) is 0 Å². The Kier molecular flexibility index (Phi) is 8.42. The van der Waals surface area contributed by atoms with E-state index < -0.39 is 5.41 Å². The molecule has 1 aliphatic heterocycles. The highest BCUT2D eigenvalue weighted by atomic mass is 15.2. The first-order chi connectivity index (χ1) is 27.8. The summed E-state index contributed by atoms with van der Waals surface area (Å²) in [5.74, 6) is 0. The fraction of sp³-hybridized carbons (Fsp3) is 0.0185. The lowest BCUT2D eigenvalue weighted by atomic mass is 9.62. The third-order valence-corrected chi connectivity index (χ3v) is 11.1. The Balaban J connectivity index is 1.11. The van der Waals surface area contributed by atoms with Crippen LogP contribution in [0.25, 0.3) is 44.8 Å². The maximum absolute atomic E-state index is 5.12. The molecule has 0 unspecified atom stereocenters. The van der Waals surface area contributed by atoms with Crippen molar-refractivity contribution in [3.8, 4) is 44.8 Å². The molecule has 2 heterocycles. The van der Waals surface area contributed by atoms with E-state index in [1.54, 1.807) is 0 Å². The Hall–Kier alpha value is -7.29. The molecule has 0 aliphatic carbocycles. The third-order valence-electron chi connectivity index (χ3n) is 11.1. The van der Waals surface area contributed by atoms with Crippen LogP contribution in [0.3, 0.4) is 0 Å². The molecule has 0 radical (unpaired) electrons. The molecule has 0 N–H and O–H groups in total. The van der Waals surface area contributed by atoms with Gasteiger partial charge in [0.15, 0.2) is 0 Å². The molecule has 2 nitrogen and oxygen atoms in total. The highest BCUT2D eigenvalue weighted by Crippen LogP contribution is 2.57. The molecule has 0 amide bonds. The topological polar surface area (TPSA) is 16.1 Å². The minimum absolute atomic E-state index is 0.500. The van der Waals surface area contributed by atoms with E-state index >= 15 is 0 Å². The average molecular weight is 715 g/mol. The maximum Gasteiger partial charge on any atom is 0.0742 e. The summed E-state index contributed by atoms with van der Waals surface area (Å²) in [4.78, 5) is 7.57. The average Bonchev–Trinajstić information content (AvgIpc) is 3.29. The van der Waals surface area contributed by atoms with E-state index in [2.05, 4.69) is 223 Å². The number of aromatic nitrogens is 1. The zero-order chi connectivity index (χ0) is 37.3. The van der Waals surface area contributed by atoms with Crippen LogP contribution in [-0.4, -0.2) is 4.98 Å². The zero-order valence-corrected chi connectivity index (χ0v) is 30.8. The van der Waals surface area contributed by atoms with E-state index in [0.29, 0.717) is 0 Å². The van der Waals surface area contributed by atoms with E-state index in [1.165, 1.54) is 33.6 Å². The molecular formula is C54H38N2. The first kappa shape index (κ1) is 33.3. The fourth-order valence-electron chi connectivity index (χ4n) is 8.60. The number of para-hydroxylation sites is 2. The highest BCUT2D eigenvalue weighted by molar-refractivity contribution is 5.90. The number of fused-ring (bicyclic) bond motifs is 2. The van der Waals surface area contributed by atoms with Crippen molar-refractivity contribution in [1.29, 1.82) is 0 Å². The summed E-state index contributed by atoms with van der Waals surface area (Å²) in [7, 11) is 0. The van der Waals surface area contributed by atoms with Gasteiger partial charge in [0.2, 0.25) is 0 Å². The van der Waals surface area contributed by atoms with Crippen LogP contribution in [0.2, 0.25) is 0 Å². The number of anilines is 3. The van der Waals surface area contributed by atoms with E-state index in [1.807, 2.05) is 12.1 Å². The molecule has 0 saturated carbocycles. The van der Waals surface area contributed by atoms with Crippen LogP contribution >= 0.6 is 0 Å². The van der Waals surface area contributed by atoms with Crippen molar-refractivity contribution in [2.45, 2.75) is 5.41 Å². The van der Waals surface area contributed by atoms with Crippen LogP contribution in [0, 0.1) is 0 Å². The van der Waals surface area contributed by atoms with Gasteiger partial charge in [0, 0.05) is 16.8 Å². The van der Waals surface area contributed by atoms with Crippen LogP contribution in [0.4, 0.5) is 17.1 Å². The summed E-state index contributed by atoms with van der Waals surface area (Å²) < 4.78 is 0. The first-order valence-electron chi connectivity index (χ1n) is 19.2. The summed E-state index contributed by atoms with van der Waals surface area (Å²) in [6.45, 7) is 0. The Labute approximate surface area is 328 Å². The van der Waals surface area contributed by atoms with Crippen LogP contribution in [0.5, 0.6) is 0 Å². The fourth-order valence-corrected chi connectivity index (χ4v) is 8.60. The van der Waals surface area contributed by atoms with E-state index in [9.17, 15) is 0 Å². The number of hydrogen-bond acceptors (Lipinski definition) is 2. The highest BCUT2D eigenvalue weighted by Gasteiger charge is 2.46. The second-order valence-electron chi connectivity index (χ2n) is 14.3. The molecule has 8 aromatic carbocycles. The maximum atomic E-state index is 5.12. The molecule has 0 bridgehead atoms. The van der Waals surface area contributed by atoms with Crippen molar-refractivity contribution in [3.63, 3.8) is 0 Å². The summed E-state index contributed by atoms with van der Waals surface area (Å²) in [6.07, 6.45) is 0. The summed E-state index contributed by atoms with van der Waals surface area (Å²) in [5.41, 5.74) is 16.7. The molecular weight excluding hydrogens is 677 g/mol. The van der Waals surface area contributed by atoms with E-state index in [-0.39, 0.29) is 0 Å². The smallest absolute Gasteiger partial charge is 0.0742 e. The Morgan fingerprint density at radius 2 is 0.696 bits per heavy atom. The van der Waals surface area contributed by atoms with Gasteiger partial charge in [0.05, 0.1) is 28.2 Å². The minimum atomic E-state index is -0.500. The van der Waals surface area contributed by atoms with Gasteiger partial charge in [0.25, 0.3) is 0 Å². The summed E-state index contributed by atoms with van der Waals surface area (Å²) in [5, 5.41) is 0. The van der Waals surface area contributed by atoms with Crippen LogP contribution in [-0.2, 0) is 5.41 Å². The molecule has 56 heavy (non-hydrogen) atoms. The Morgan fingerprint density at radius 1 is 0.304 bits per heavy atom. The number of rotatable bonds is 7. The van der Waals surface area contributed by atoms with Gasteiger partial charge >= 0.3 is 0 Å². The third kappa shape index (κ3) is 5.71. The van der Waals surface area contributed by atoms with Crippen LogP contribution in [0.1, 0.15) is 22.3 Å². The number of pyridine rings is 1. The van der Waals surface area contributed by atoms with Crippen molar-refractivity contribution in [1.82, 2.24) is 4.98 Å². The van der Waals surface area contributed by atoms with Crippen molar-refractivity contribution in [2.24, 2.45) is 0 Å². The van der Waals surface area contributed by atoms with Gasteiger partial charge in [-0.05, 0) is 87.0 Å². The van der Waals surface area contributed by atoms with Crippen molar-refractivity contribution < 1.29 is 0 Å². The molecule has 1 aliphatic rings. The molecule has 0 fully saturated rings. The Bertz CT molecular complexity index is 2650. The lowest BCUT2D eigenvalue weighted by molar-refractivity contribution is 0.731. The van der Waals surface area contributed by atoms with Gasteiger partial charge in [-0.1, -0.05) is 188 Å². The molecule has 10 rings (SSSR count). The number of hydrogen-bond donors (Lipinski definition) is 0. The molecule has 1 aromatic heterocycles. The molecule has 0 atom stereocenters. The molecule has 264 valence electrons. The van der Waals surface area contributed by atoms with Crippen molar-refractivity contribution in [3.05, 3.63) is 253 Å². The largest absolute Gasteiger partial charge is 0.310 e. The predicted octanol–water partition coefficient (Wildman–Crippen LogP) is 13.9. The minimum Gasteiger partial charge on any atom is -0.310 e. The SMILES string of the molecule is c1ccc(-c2cc(-c3cccc(-c4cccc(N5c6ccccc6C(c6ccccc6)(c6ccccc6)c6ccccc65)c4)c3)cc(-c3ccccc3)n2)cc1. The van der Waals surface area contributed by atoms with Crippen LogP contribution in [0.15, 0.2) is 231 Å². The predicted molar refractivity (Wildman–Crippen MR) is 233 cm³/mol. The van der Waals surface area contributed by atoms with Crippen molar-refractivity contribution >= 4 is 17.1 Å². The Morgan fingerprint density at radius 3 is 1.21 bits per heavy atom. The first-order valence-corrected chi connectivity index (χ1v) is 19.2. The van der Waals surface area contributed by atoms with Gasteiger partial charge in [-0.15, -0.1) is 0 Å². The van der Waals surface area contributed by atoms with Gasteiger partial charge < -0.3 is 4.90 Å². The van der Waals surface area contributed by atoms with Gasteiger partial charge in [-0.25, -0.2) is 4.98 Å². The lowest BCUT2D eigenvalue weighted by Gasteiger charge is -2.46. The number of benzene rings is 8.